The van der Waals surface area contributed by atoms with Crippen LogP contribution in [0.3, 0.4) is 0 Å². The van der Waals surface area contributed by atoms with E-state index in [1.807, 2.05) is 55.4 Å². The Bertz CT molecular complexity index is 1110. The molecule has 0 atom stereocenters. The summed E-state index contributed by atoms with van der Waals surface area (Å²) in [6, 6.07) is 19.9. The second-order valence-electron chi connectivity index (χ2n) is 6.43. The van der Waals surface area contributed by atoms with Gasteiger partial charge in [0.2, 0.25) is 5.82 Å². The summed E-state index contributed by atoms with van der Waals surface area (Å²) in [5, 5.41) is 2.01. The number of hydrogen-bond donors (Lipinski definition) is 0. The lowest BCUT2D eigenvalue weighted by atomic mass is 10.1. The van der Waals surface area contributed by atoms with E-state index in [1.165, 1.54) is 0 Å². The van der Waals surface area contributed by atoms with Crippen molar-refractivity contribution in [3.63, 3.8) is 0 Å². The highest BCUT2D eigenvalue weighted by molar-refractivity contribution is 8.00. The van der Waals surface area contributed by atoms with Gasteiger partial charge in [-0.05, 0) is 29.3 Å². The van der Waals surface area contributed by atoms with Gasteiger partial charge in [0.25, 0.3) is 0 Å². The van der Waals surface area contributed by atoms with E-state index in [0.717, 1.165) is 16.5 Å². The minimum atomic E-state index is -3.36. The van der Waals surface area contributed by atoms with E-state index in [4.69, 9.17) is 4.52 Å². The van der Waals surface area contributed by atoms with E-state index in [-0.39, 0.29) is 5.82 Å². The number of hydrogen-bond acceptors (Lipinski definition) is 5. The standard InChI is InChI=1S/C21H17F2N3OS/c1-26(2)17-12-13-18(16-11-7-6-10-15(16)17)28-21(22,23)20-24-19(25-27-20)14-8-4-3-5-9-14/h3-13H,1-2H3. The molecule has 0 amide bonds. The Hall–Kier alpha value is -2.93. The summed E-state index contributed by atoms with van der Waals surface area (Å²) in [5.74, 6) is -0.569. The number of halogens is 2. The van der Waals surface area contributed by atoms with Gasteiger partial charge < -0.3 is 9.42 Å². The van der Waals surface area contributed by atoms with Gasteiger partial charge in [0, 0.05) is 35.6 Å². The third-order valence-electron chi connectivity index (χ3n) is 4.29. The lowest BCUT2D eigenvalue weighted by Crippen LogP contribution is -2.10. The van der Waals surface area contributed by atoms with E-state index in [9.17, 15) is 8.78 Å². The molecule has 0 saturated carbocycles. The fraction of sp³-hybridized carbons (Fsp3) is 0.143. The molecule has 0 N–H and O–H groups in total. The van der Waals surface area contributed by atoms with Gasteiger partial charge in [0.05, 0.1) is 0 Å². The van der Waals surface area contributed by atoms with Crippen LogP contribution in [0.4, 0.5) is 14.5 Å². The predicted molar refractivity (Wildman–Crippen MR) is 108 cm³/mol. The molecular formula is C21H17F2N3OS. The van der Waals surface area contributed by atoms with Crippen LogP contribution in [-0.4, -0.2) is 24.2 Å². The summed E-state index contributed by atoms with van der Waals surface area (Å²) in [6.07, 6.45) is 0. The first-order chi connectivity index (χ1) is 13.5. The van der Waals surface area contributed by atoms with Crippen molar-refractivity contribution in [2.45, 2.75) is 10.2 Å². The molecular weight excluding hydrogens is 380 g/mol. The summed E-state index contributed by atoms with van der Waals surface area (Å²) >= 11 is 0.409. The lowest BCUT2D eigenvalue weighted by molar-refractivity contribution is 0.0642. The van der Waals surface area contributed by atoms with Crippen molar-refractivity contribution in [3.8, 4) is 11.4 Å². The zero-order chi connectivity index (χ0) is 19.7. The van der Waals surface area contributed by atoms with Gasteiger partial charge in [-0.15, -0.1) is 0 Å². The molecule has 1 heterocycles. The highest BCUT2D eigenvalue weighted by Gasteiger charge is 2.40. The highest BCUT2D eigenvalue weighted by atomic mass is 32.2. The molecule has 0 fully saturated rings. The van der Waals surface area contributed by atoms with Crippen LogP contribution in [0, 0.1) is 0 Å². The van der Waals surface area contributed by atoms with Crippen molar-refractivity contribution in [2.24, 2.45) is 0 Å². The molecule has 0 saturated heterocycles. The highest BCUT2D eigenvalue weighted by Crippen LogP contribution is 2.47. The maximum atomic E-state index is 14.9. The fourth-order valence-corrected chi connectivity index (χ4v) is 3.83. The van der Waals surface area contributed by atoms with Gasteiger partial charge in [0.15, 0.2) is 0 Å². The normalized spacial score (nSPS) is 11.7. The number of benzene rings is 3. The summed E-state index contributed by atoms with van der Waals surface area (Å²) in [4.78, 5) is 6.32. The summed E-state index contributed by atoms with van der Waals surface area (Å²) in [6.45, 7) is 0. The maximum absolute atomic E-state index is 14.9. The quantitative estimate of drug-likeness (QED) is 0.398. The minimum absolute atomic E-state index is 0.142. The Morgan fingerprint density at radius 1 is 0.893 bits per heavy atom. The first-order valence-corrected chi connectivity index (χ1v) is 9.43. The SMILES string of the molecule is CN(C)c1ccc(SC(F)(F)c2nc(-c3ccccc3)no2)c2ccccc12. The molecule has 7 heteroatoms. The zero-order valence-corrected chi connectivity index (χ0v) is 16.1. The van der Waals surface area contributed by atoms with Crippen LogP contribution in [0.1, 0.15) is 5.89 Å². The van der Waals surface area contributed by atoms with Gasteiger partial charge in [-0.25, -0.2) is 0 Å². The van der Waals surface area contributed by atoms with E-state index < -0.39 is 11.1 Å². The molecule has 0 radical (unpaired) electrons. The van der Waals surface area contributed by atoms with Crippen LogP contribution in [0.2, 0.25) is 0 Å². The number of thioether (sulfide) groups is 1. The molecule has 3 aromatic carbocycles. The van der Waals surface area contributed by atoms with Crippen LogP contribution in [0.25, 0.3) is 22.2 Å². The number of fused-ring (bicyclic) bond motifs is 1. The third-order valence-corrected chi connectivity index (χ3v) is 5.29. The third kappa shape index (κ3) is 3.45. The Balaban J connectivity index is 1.69. The van der Waals surface area contributed by atoms with Crippen molar-refractivity contribution in [1.82, 2.24) is 10.1 Å². The predicted octanol–water partition coefficient (Wildman–Crippen LogP) is 5.80. The van der Waals surface area contributed by atoms with Gasteiger partial charge in [0.1, 0.15) is 0 Å². The smallest absolute Gasteiger partial charge is 0.375 e. The van der Waals surface area contributed by atoms with Crippen molar-refractivity contribution in [1.29, 1.82) is 0 Å². The number of aromatic nitrogens is 2. The van der Waals surface area contributed by atoms with Crippen molar-refractivity contribution in [3.05, 3.63) is 72.6 Å². The molecule has 4 rings (SSSR count). The van der Waals surface area contributed by atoms with Crippen LogP contribution in [0.15, 0.2) is 76.1 Å². The van der Waals surface area contributed by atoms with Crippen molar-refractivity contribution in [2.75, 3.05) is 19.0 Å². The Morgan fingerprint density at radius 2 is 1.57 bits per heavy atom. The Labute approximate surface area is 165 Å². The van der Waals surface area contributed by atoms with E-state index in [2.05, 4.69) is 10.1 Å². The average Bonchev–Trinajstić information content (AvgIpc) is 3.20. The van der Waals surface area contributed by atoms with Crippen LogP contribution in [-0.2, 0) is 5.25 Å². The van der Waals surface area contributed by atoms with Gasteiger partial charge in [-0.1, -0.05) is 59.8 Å². The fourth-order valence-electron chi connectivity index (χ4n) is 2.96. The molecule has 0 aliphatic heterocycles. The maximum Gasteiger partial charge on any atom is 0.375 e. The Morgan fingerprint density at radius 3 is 2.29 bits per heavy atom. The Kier molecular flexibility index (Phi) is 4.77. The van der Waals surface area contributed by atoms with E-state index >= 15 is 0 Å². The van der Waals surface area contributed by atoms with Crippen LogP contribution >= 0.6 is 11.8 Å². The minimum Gasteiger partial charge on any atom is -0.377 e. The average molecular weight is 397 g/mol. The second kappa shape index (κ2) is 7.24. The van der Waals surface area contributed by atoms with Crippen molar-refractivity contribution >= 4 is 28.2 Å². The van der Waals surface area contributed by atoms with Gasteiger partial charge in [-0.2, -0.15) is 13.8 Å². The summed E-state index contributed by atoms with van der Waals surface area (Å²) in [5.41, 5.74) is 1.59. The molecule has 0 aliphatic carbocycles. The number of anilines is 1. The molecule has 28 heavy (non-hydrogen) atoms. The van der Waals surface area contributed by atoms with Crippen molar-refractivity contribution < 1.29 is 13.3 Å². The molecule has 1 aromatic heterocycles. The summed E-state index contributed by atoms with van der Waals surface area (Å²) in [7, 11) is 3.85. The van der Waals surface area contributed by atoms with Crippen LogP contribution in [0.5, 0.6) is 0 Å². The molecule has 0 unspecified atom stereocenters. The largest absolute Gasteiger partial charge is 0.377 e. The summed E-state index contributed by atoms with van der Waals surface area (Å²) < 4.78 is 34.7. The number of nitrogens with zero attached hydrogens (tertiary/aromatic N) is 3. The zero-order valence-electron chi connectivity index (χ0n) is 15.3. The van der Waals surface area contributed by atoms with E-state index in [1.54, 1.807) is 30.3 Å². The molecule has 4 aromatic rings. The molecule has 4 nitrogen and oxygen atoms in total. The first kappa shape index (κ1) is 18.4. The van der Waals surface area contributed by atoms with Gasteiger partial charge >= 0.3 is 11.1 Å². The molecule has 142 valence electrons. The van der Waals surface area contributed by atoms with E-state index in [0.29, 0.717) is 22.2 Å². The monoisotopic (exact) mass is 397 g/mol. The molecule has 0 aliphatic rings. The first-order valence-electron chi connectivity index (χ1n) is 8.61. The molecule has 0 bridgehead atoms. The van der Waals surface area contributed by atoms with Gasteiger partial charge in [-0.3, -0.25) is 0 Å². The number of rotatable bonds is 5. The second-order valence-corrected chi connectivity index (χ2v) is 7.59. The number of alkyl halides is 2. The topological polar surface area (TPSA) is 42.2 Å². The lowest BCUT2D eigenvalue weighted by Gasteiger charge is -2.18. The van der Waals surface area contributed by atoms with Crippen LogP contribution < -0.4 is 4.90 Å². The molecule has 0 spiro atoms.